The smallest absolute Gasteiger partial charge is 0.0774 e. The molecule has 0 unspecified atom stereocenters. The van der Waals surface area contributed by atoms with Crippen LogP contribution >= 0.6 is 0 Å². The van der Waals surface area contributed by atoms with E-state index in [4.69, 9.17) is 4.74 Å². The highest BCUT2D eigenvalue weighted by Gasteiger charge is 2.29. The molecule has 0 aliphatic carbocycles. The lowest BCUT2D eigenvalue weighted by Gasteiger charge is -2.36. The van der Waals surface area contributed by atoms with Crippen LogP contribution in [0, 0.1) is 0 Å². The lowest BCUT2D eigenvalue weighted by atomic mass is 9.91. The van der Waals surface area contributed by atoms with Crippen LogP contribution in [0.5, 0.6) is 0 Å². The van der Waals surface area contributed by atoms with Crippen LogP contribution in [0.25, 0.3) is 0 Å². The Balaban J connectivity index is 2.43. The summed E-state index contributed by atoms with van der Waals surface area (Å²) in [7, 11) is 1.79. The van der Waals surface area contributed by atoms with Gasteiger partial charge in [-0.2, -0.15) is 0 Å². The van der Waals surface area contributed by atoms with Gasteiger partial charge < -0.3 is 10.1 Å². The zero-order valence-electron chi connectivity index (χ0n) is 7.81. The molecule has 11 heavy (non-hydrogen) atoms. The first-order valence-corrected chi connectivity index (χ1v) is 4.45. The zero-order chi connectivity index (χ0) is 8.32. The third kappa shape index (κ3) is 2.17. The number of nitrogens with one attached hydrogen (secondary N) is 1. The van der Waals surface area contributed by atoms with Crippen molar-refractivity contribution in [3.05, 3.63) is 0 Å². The van der Waals surface area contributed by atoms with Crippen molar-refractivity contribution in [1.82, 2.24) is 5.32 Å². The fraction of sp³-hybridized carbons (Fsp3) is 1.00. The van der Waals surface area contributed by atoms with Crippen molar-refractivity contribution in [2.45, 2.75) is 44.8 Å². The number of piperidine rings is 1. The van der Waals surface area contributed by atoms with Crippen LogP contribution in [0.2, 0.25) is 0 Å². The van der Waals surface area contributed by atoms with Gasteiger partial charge in [0.25, 0.3) is 0 Å². The Labute approximate surface area is 69.3 Å². The van der Waals surface area contributed by atoms with Gasteiger partial charge in [0, 0.05) is 13.2 Å². The fourth-order valence-electron chi connectivity index (χ4n) is 1.59. The molecule has 1 heterocycles. The Morgan fingerprint density at radius 1 is 1.36 bits per heavy atom. The van der Waals surface area contributed by atoms with Crippen molar-refractivity contribution in [3.63, 3.8) is 0 Å². The minimum Gasteiger partial charge on any atom is -0.377 e. The van der Waals surface area contributed by atoms with Crippen molar-refractivity contribution >= 4 is 0 Å². The largest absolute Gasteiger partial charge is 0.377 e. The van der Waals surface area contributed by atoms with E-state index >= 15 is 0 Å². The van der Waals surface area contributed by atoms with E-state index in [1.165, 1.54) is 19.3 Å². The molecule has 1 aliphatic rings. The summed E-state index contributed by atoms with van der Waals surface area (Å²) >= 11 is 0. The number of rotatable bonds is 2. The predicted molar refractivity (Wildman–Crippen MR) is 46.7 cm³/mol. The van der Waals surface area contributed by atoms with Crippen LogP contribution in [0.15, 0.2) is 0 Å². The molecular formula is C9H19NO. The average molecular weight is 157 g/mol. The van der Waals surface area contributed by atoms with Crippen LogP contribution in [-0.4, -0.2) is 25.3 Å². The second-order valence-electron chi connectivity index (χ2n) is 3.81. The summed E-state index contributed by atoms with van der Waals surface area (Å²) in [5, 5.41) is 3.49. The maximum Gasteiger partial charge on any atom is 0.0774 e. The highest BCUT2D eigenvalue weighted by atomic mass is 16.5. The average Bonchev–Trinajstić information content (AvgIpc) is 2.06. The van der Waals surface area contributed by atoms with Gasteiger partial charge in [0.15, 0.2) is 0 Å². The third-order valence-electron chi connectivity index (χ3n) is 2.68. The van der Waals surface area contributed by atoms with Crippen LogP contribution in [-0.2, 0) is 4.74 Å². The molecule has 66 valence electrons. The Bertz CT molecular complexity index is 117. The zero-order valence-corrected chi connectivity index (χ0v) is 7.81. The molecule has 0 aromatic rings. The van der Waals surface area contributed by atoms with Gasteiger partial charge in [0.05, 0.1) is 5.60 Å². The topological polar surface area (TPSA) is 21.3 Å². The molecule has 0 spiro atoms. The molecule has 0 bridgehead atoms. The van der Waals surface area contributed by atoms with Crippen molar-refractivity contribution in [2.24, 2.45) is 0 Å². The summed E-state index contributed by atoms with van der Waals surface area (Å²) < 4.78 is 5.41. The monoisotopic (exact) mass is 157 g/mol. The summed E-state index contributed by atoms with van der Waals surface area (Å²) in [6, 6.07) is 0.543. The van der Waals surface area contributed by atoms with Gasteiger partial charge in [-0.1, -0.05) is 6.42 Å². The van der Waals surface area contributed by atoms with Crippen molar-refractivity contribution in [1.29, 1.82) is 0 Å². The van der Waals surface area contributed by atoms with Crippen LogP contribution in [0.3, 0.4) is 0 Å². The molecule has 1 atom stereocenters. The number of ether oxygens (including phenoxy) is 1. The summed E-state index contributed by atoms with van der Waals surface area (Å²) in [4.78, 5) is 0. The van der Waals surface area contributed by atoms with Gasteiger partial charge in [-0.25, -0.2) is 0 Å². The normalized spacial score (nSPS) is 27.0. The first-order chi connectivity index (χ1) is 5.17. The summed E-state index contributed by atoms with van der Waals surface area (Å²) in [6.07, 6.45) is 3.90. The van der Waals surface area contributed by atoms with Crippen molar-refractivity contribution in [3.8, 4) is 0 Å². The number of hydrogen-bond acceptors (Lipinski definition) is 2. The van der Waals surface area contributed by atoms with E-state index < -0.39 is 0 Å². The Kier molecular flexibility index (Phi) is 2.90. The van der Waals surface area contributed by atoms with Crippen molar-refractivity contribution < 1.29 is 4.74 Å². The van der Waals surface area contributed by atoms with Gasteiger partial charge in [0.2, 0.25) is 0 Å². The first-order valence-electron chi connectivity index (χ1n) is 4.45. The molecule has 0 amide bonds. The van der Waals surface area contributed by atoms with Gasteiger partial charge in [-0.3, -0.25) is 0 Å². The first kappa shape index (κ1) is 9.01. The molecule has 0 saturated carbocycles. The molecule has 0 aromatic carbocycles. The second-order valence-corrected chi connectivity index (χ2v) is 3.81. The van der Waals surface area contributed by atoms with Gasteiger partial charge >= 0.3 is 0 Å². The molecule has 1 N–H and O–H groups in total. The predicted octanol–water partition coefficient (Wildman–Crippen LogP) is 1.55. The fourth-order valence-corrected chi connectivity index (χ4v) is 1.59. The summed E-state index contributed by atoms with van der Waals surface area (Å²) in [6.45, 7) is 5.45. The van der Waals surface area contributed by atoms with E-state index in [2.05, 4.69) is 19.2 Å². The summed E-state index contributed by atoms with van der Waals surface area (Å²) in [5.74, 6) is 0. The minimum absolute atomic E-state index is 0.000417. The van der Waals surface area contributed by atoms with E-state index in [0.717, 1.165) is 6.54 Å². The highest BCUT2D eigenvalue weighted by Crippen LogP contribution is 2.21. The maximum absolute atomic E-state index is 5.41. The Hall–Kier alpha value is -0.0800. The maximum atomic E-state index is 5.41. The van der Waals surface area contributed by atoms with Gasteiger partial charge in [-0.05, 0) is 33.2 Å². The molecular weight excluding hydrogens is 138 g/mol. The van der Waals surface area contributed by atoms with Crippen LogP contribution in [0.1, 0.15) is 33.1 Å². The highest BCUT2D eigenvalue weighted by molar-refractivity contribution is 4.87. The summed E-state index contributed by atoms with van der Waals surface area (Å²) in [5.41, 5.74) is 0.000417. The van der Waals surface area contributed by atoms with Crippen molar-refractivity contribution in [2.75, 3.05) is 13.7 Å². The van der Waals surface area contributed by atoms with E-state index in [9.17, 15) is 0 Å². The Morgan fingerprint density at radius 2 is 2.09 bits per heavy atom. The Morgan fingerprint density at radius 3 is 2.55 bits per heavy atom. The molecule has 1 rings (SSSR count). The molecule has 2 nitrogen and oxygen atoms in total. The van der Waals surface area contributed by atoms with Gasteiger partial charge in [-0.15, -0.1) is 0 Å². The third-order valence-corrected chi connectivity index (χ3v) is 2.68. The molecule has 1 saturated heterocycles. The quantitative estimate of drug-likeness (QED) is 0.656. The van der Waals surface area contributed by atoms with E-state index in [1.807, 2.05) is 0 Å². The SMILES string of the molecule is COC(C)(C)[C@H]1CCCCN1. The molecule has 1 fully saturated rings. The van der Waals surface area contributed by atoms with Crippen LogP contribution < -0.4 is 5.32 Å². The molecule has 0 aromatic heterocycles. The molecule has 1 aliphatic heterocycles. The molecule has 2 heteroatoms. The van der Waals surface area contributed by atoms with Gasteiger partial charge in [0.1, 0.15) is 0 Å². The second kappa shape index (κ2) is 3.55. The van der Waals surface area contributed by atoms with E-state index in [0.29, 0.717) is 6.04 Å². The minimum atomic E-state index is 0.000417. The van der Waals surface area contributed by atoms with E-state index in [-0.39, 0.29) is 5.60 Å². The number of hydrogen-bond donors (Lipinski definition) is 1. The lowest BCUT2D eigenvalue weighted by Crippen LogP contribution is -2.50. The van der Waals surface area contributed by atoms with Crippen LogP contribution in [0.4, 0.5) is 0 Å². The molecule has 0 radical (unpaired) electrons. The standard InChI is InChI=1S/C9H19NO/c1-9(2,11-3)8-6-4-5-7-10-8/h8,10H,4-7H2,1-3H3/t8-/m1/s1. The van der Waals surface area contributed by atoms with E-state index in [1.54, 1.807) is 7.11 Å². The lowest BCUT2D eigenvalue weighted by molar-refractivity contribution is -0.0172. The number of methoxy groups -OCH3 is 1.